The minimum Gasteiger partial charge on any atom is -0.476 e. The first-order valence-corrected chi connectivity index (χ1v) is 7.94. The van der Waals surface area contributed by atoms with Crippen molar-refractivity contribution in [2.75, 3.05) is 6.54 Å². The van der Waals surface area contributed by atoms with E-state index < -0.39 is 16.0 Å². The number of thiazole rings is 1. The van der Waals surface area contributed by atoms with Crippen LogP contribution in [-0.4, -0.2) is 41.0 Å². The summed E-state index contributed by atoms with van der Waals surface area (Å²) in [6.07, 6.45) is 1.56. The van der Waals surface area contributed by atoms with Gasteiger partial charge in [0.05, 0.1) is 11.2 Å². The van der Waals surface area contributed by atoms with Crippen LogP contribution < -0.4 is 4.72 Å². The number of hydrogen-bond acceptors (Lipinski definition) is 6. The lowest BCUT2D eigenvalue weighted by atomic mass is 10.4. The van der Waals surface area contributed by atoms with Crippen molar-refractivity contribution in [3.8, 4) is 0 Å². The molecule has 0 radical (unpaired) electrons. The molecular formula is C10H12N4O4S2. The standard InChI is InChI=1S/C10H12N4O4S2/c1-6-11-4-9(13-6)20(17,18)12-3-2-8-14-7(5-19-8)10(15)16/h4-5,12H,2-3H2,1H3,(H,11,13)(H,15,16). The molecule has 10 heteroatoms. The second kappa shape index (κ2) is 5.69. The fourth-order valence-corrected chi connectivity index (χ4v) is 3.20. The molecule has 0 bridgehead atoms. The number of imidazole rings is 1. The molecule has 0 aromatic carbocycles. The molecule has 0 unspecified atom stereocenters. The predicted octanol–water partition coefficient (Wildman–Crippen LogP) is 0.394. The first-order chi connectivity index (χ1) is 9.38. The molecule has 0 spiro atoms. The zero-order valence-electron chi connectivity index (χ0n) is 10.5. The molecule has 2 rings (SSSR count). The van der Waals surface area contributed by atoms with Crippen LogP contribution in [-0.2, 0) is 16.4 Å². The number of aromatic carboxylic acids is 1. The van der Waals surface area contributed by atoms with Gasteiger partial charge in [0.15, 0.2) is 10.7 Å². The van der Waals surface area contributed by atoms with Gasteiger partial charge in [0.25, 0.3) is 10.0 Å². The topological polar surface area (TPSA) is 125 Å². The summed E-state index contributed by atoms with van der Waals surface area (Å²) in [7, 11) is -3.63. The van der Waals surface area contributed by atoms with Crippen molar-refractivity contribution in [1.82, 2.24) is 19.7 Å². The van der Waals surface area contributed by atoms with E-state index in [4.69, 9.17) is 5.11 Å². The van der Waals surface area contributed by atoms with Crippen molar-refractivity contribution in [1.29, 1.82) is 0 Å². The number of aromatic nitrogens is 3. The Morgan fingerprint density at radius 1 is 1.55 bits per heavy atom. The molecule has 0 amide bonds. The van der Waals surface area contributed by atoms with Crippen LogP contribution in [0.3, 0.4) is 0 Å². The highest BCUT2D eigenvalue weighted by Gasteiger charge is 2.16. The molecule has 2 aromatic rings. The van der Waals surface area contributed by atoms with Crippen LogP contribution >= 0.6 is 11.3 Å². The summed E-state index contributed by atoms with van der Waals surface area (Å²) in [4.78, 5) is 21.0. The maximum Gasteiger partial charge on any atom is 0.355 e. The van der Waals surface area contributed by atoms with E-state index >= 15 is 0 Å². The van der Waals surface area contributed by atoms with E-state index in [1.54, 1.807) is 6.92 Å². The number of aromatic amines is 1. The minimum absolute atomic E-state index is 0.000337. The lowest BCUT2D eigenvalue weighted by Gasteiger charge is -2.02. The summed E-state index contributed by atoms with van der Waals surface area (Å²) in [6, 6.07) is 0. The Morgan fingerprint density at radius 3 is 2.85 bits per heavy atom. The molecule has 0 aliphatic rings. The Labute approximate surface area is 119 Å². The van der Waals surface area contributed by atoms with Crippen LogP contribution in [0.25, 0.3) is 0 Å². The number of sulfonamides is 1. The number of carbonyl (C=O) groups is 1. The van der Waals surface area contributed by atoms with Crippen LogP contribution in [0.5, 0.6) is 0 Å². The van der Waals surface area contributed by atoms with Crippen molar-refractivity contribution >= 4 is 27.3 Å². The Morgan fingerprint density at radius 2 is 2.30 bits per heavy atom. The van der Waals surface area contributed by atoms with Gasteiger partial charge in [-0.05, 0) is 6.92 Å². The van der Waals surface area contributed by atoms with Gasteiger partial charge in [0.1, 0.15) is 5.82 Å². The lowest BCUT2D eigenvalue weighted by Crippen LogP contribution is -2.26. The van der Waals surface area contributed by atoms with E-state index in [0.717, 1.165) is 0 Å². The van der Waals surface area contributed by atoms with Crippen LogP contribution in [0.2, 0.25) is 0 Å². The number of rotatable bonds is 6. The molecule has 2 aromatic heterocycles. The third-order valence-electron chi connectivity index (χ3n) is 2.37. The van der Waals surface area contributed by atoms with Gasteiger partial charge in [-0.25, -0.2) is 27.9 Å². The van der Waals surface area contributed by atoms with E-state index in [1.165, 1.54) is 22.9 Å². The summed E-state index contributed by atoms with van der Waals surface area (Å²) >= 11 is 1.18. The third-order valence-corrected chi connectivity index (χ3v) is 4.65. The molecule has 0 saturated heterocycles. The van der Waals surface area contributed by atoms with E-state index in [0.29, 0.717) is 17.3 Å². The Balaban J connectivity index is 1.93. The SMILES string of the molecule is Cc1ncc(S(=O)(=O)NCCc2nc(C(=O)O)cs2)[nH]1. The fraction of sp³-hybridized carbons (Fsp3) is 0.300. The van der Waals surface area contributed by atoms with Crippen LogP contribution in [0, 0.1) is 6.92 Å². The number of H-pyrrole nitrogens is 1. The summed E-state index contributed by atoms with van der Waals surface area (Å²) in [5, 5.41) is 10.7. The predicted molar refractivity (Wildman–Crippen MR) is 71.3 cm³/mol. The molecule has 0 fully saturated rings. The molecular weight excluding hydrogens is 304 g/mol. The molecule has 8 nitrogen and oxygen atoms in total. The summed E-state index contributed by atoms with van der Waals surface area (Å²) < 4.78 is 26.1. The second-order valence-electron chi connectivity index (χ2n) is 3.91. The van der Waals surface area contributed by atoms with Crippen LogP contribution in [0.15, 0.2) is 16.6 Å². The second-order valence-corrected chi connectivity index (χ2v) is 6.59. The van der Waals surface area contributed by atoms with Crippen LogP contribution in [0.4, 0.5) is 0 Å². The van der Waals surface area contributed by atoms with Gasteiger partial charge in [-0.1, -0.05) is 0 Å². The van der Waals surface area contributed by atoms with Gasteiger partial charge in [-0.3, -0.25) is 0 Å². The highest BCUT2D eigenvalue weighted by Crippen LogP contribution is 2.10. The number of aryl methyl sites for hydroxylation is 1. The zero-order chi connectivity index (χ0) is 14.8. The van der Waals surface area contributed by atoms with Gasteiger partial charge >= 0.3 is 5.97 Å². The first kappa shape index (κ1) is 14.6. The van der Waals surface area contributed by atoms with Crippen LogP contribution in [0.1, 0.15) is 21.3 Å². The van der Waals surface area contributed by atoms with Crippen molar-refractivity contribution < 1.29 is 18.3 Å². The zero-order valence-corrected chi connectivity index (χ0v) is 12.1. The minimum atomic E-state index is -3.63. The highest BCUT2D eigenvalue weighted by atomic mass is 32.2. The largest absolute Gasteiger partial charge is 0.476 e. The lowest BCUT2D eigenvalue weighted by molar-refractivity contribution is 0.0691. The number of carboxylic acids is 1. The molecule has 2 heterocycles. The van der Waals surface area contributed by atoms with Gasteiger partial charge in [-0.15, -0.1) is 11.3 Å². The fourth-order valence-electron chi connectivity index (χ4n) is 1.43. The Bertz CT molecular complexity index is 719. The normalized spacial score (nSPS) is 11.7. The molecule has 0 aliphatic carbocycles. The van der Waals surface area contributed by atoms with E-state index in [1.807, 2.05) is 0 Å². The maximum absolute atomic E-state index is 11.9. The third kappa shape index (κ3) is 3.40. The Hall–Kier alpha value is -1.78. The van der Waals surface area contributed by atoms with Gasteiger partial charge < -0.3 is 10.1 Å². The average Bonchev–Trinajstić information content (AvgIpc) is 2.98. The number of nitrogens with one attached hydrogen (secondary N) is 2. The van der Waals surface area contributed by atoms with E-state index in [9.17, 15) is 13.2 Å². The molecule has 0 aliphatic heterocycles. The Kier molecular flexibility index (Phi) is 4.16. The van der Waals surface area contributed by atoms with Crippen molar-refractivity contribution in [3.63, 3.8) is 0 Å². The number of carboxylic acid groups (broad SMARTS) is 1. The molecule has 3 N–H and O–H groups in total. The molecule has 20 heavy (non-hydrogen) atoms. The van der Waals surface area contributed by atoms with Crippen molar-refractivity contribution in [2.24, 2.45) is 0 Å². The van der Waals surface area contributed by atoms with Crippen molar-refractivity contribution in [2.45, 2.75) is 18.4 Å². The molecule has 108 valence electrons. The summed E-state index contributed by atoms with van der Waals surface area (Å²) in [5.74, 6) is -0.586. The monoisotopic (exact) mass is 316 g/mol. The average molecular weight is 316 g/mol. The maximum atomic E-state index is 11.9. The van der Waals surface area contributed by atoms with E-state index in [-0.39, 0.29) is 17.3 Å². The van der Waals surface area contributed by atoms with Gasteiger partial charge in [0, 0.05) is 18.3 Å². The summed E-state index contributed by atoms with van der Waals surface area (Å²) in [5.41, 5.74) is -0.0305. The van der Waals surface area contributed by atoms with Crippen molar-refractivity contribution in [3.05, 3.63) is 28.1 Å². The smallest absolute Gasteiger partial charge is 0.355 e. The molecule has 0 saturated carbocycles. The molecule has 0 atom stereocenters. The summed E-state index contributed by atoms with van der Waals surface area (Å²) in [6.45, 7) is 1.79. The number of hydrogen-bond donors (Lipinski definition) is 3. The number of nitrogens with zero attached hydrogens (tertiary/aromatic N) is 2. The van der Waals surface area contributed by atoms with E-state index in [2.05, 4.69) is 19.7 Å². The van der Waals surface area contributed by atoms with Gasteiger partial charge in [-0.2, -0.15) is 0 Å². The quantitative estimate of drug-likeness (QED) is 0.708. The first-order valence-electron chi connectivity index (χ1n) is 5.57. The highest BCUT2D eigenvalue weighted by molar-refractivity contribution is 7.89. The van der Waals surface area contributed by atoms with Gasteiger partial charge in [0.2, 0.25) is 0 Å².